The zero-order chi connectivity index (χ0) is 13.9. The summed E-state index contributed by atoms with van der Waals surface area (Å²) in [6.45, 7) is 8.46. The molecule has 0 aliphatic rings. The molecule has 0 saturated heterocycles. The van der Waals surface area contributed by atoms with Crippen molar-refractivity contribution in [1.82, 2.24) is 5.32 Å². The van der Waals surface area contributed by atoms with E-state index in [0.717, 1.165) is 36.8 Å². The Morgan fingerprint density at radius 2 is 1.89 bits per heavy atom. The van der Waals surface area contributed by atoms with E-state index in [4.69, 9.17) is 4.74 Å². The highest BCUT2D eigenvalue weighted by Gasteiger charge is 2.07. The Balaban J connectivity index is 2.45. The van der Waals surface area contributed by atoms with E-state index < -0.39 is 0 Å². The largest absolute Gasteiger partial charge is 0.493 e. The van der Waals surface area contributed by atoms with Crippen LogP contribution in [0.3, 0.4) is 0 Å². The van der Waals surface area contributed by atoms with Gasteiger partial charge in [-0.1, -0.05) is 32.9 Å². The van der Waals surface area contributed by atoms with Crippen molar-refractivity contribution in [2.75, 3.05) is 24.7 Å². The van der Waals surface area contributed by atoms with Crippen LogP contribution in [0.5, 0.6) is 5.75 Å². The molecular weight excluding hydrogens is 254 g/mol. The lowest BCUT2D eigenvalue weighted by atomic mass is 10.0. The van der Waals surface area contributed by atoms with Gasteiger partial charge in [-0.3, -0.25) is 0 Å². The molecule has 0 amide bonds. The molecule has 0 bridgehead atoms. The number of thioether (sulfide) groups is 1. The molecule has 0 aromatic heterocycles. The van der Waals surface area contributed by atoms with Crippen molar-refractivity contribution >= 4 is 11.8 Å². The fourth-order valence-corrected chi connectivity index (χ4v) is 2.47. The summed E-state index contributed by atoms with van der Waals surface area (Å²) in [7, 11) is 0. The summed E-state index contributed by atoms with van der Waals surface area (Å²) < 4.78 is 5.72. The van der Waals surface area contributed by atoms with Crippen molar-refractivity contribution in [1.29, 1.82) is 0 Å². The van der Waals surface area contributed by atoms with Gasteiger partial charge in [0.05, 0.1) is 6.61 Å². The third kappa shape index (κ3) is 6.35. The monoisotopic (exact) mass is 281 g/mol. The first-order valence-electron chi connectivity index (χ1n) is 7.35. The summed E-state index contributed by atoms with van der Waals surface area (Å²) in [5, 5.41) is 3.57. The molecule has 19 heavy (non-hydrogen) atoms. The van der Waals surface area contributed by atoms with Crippen LogP contribution in [-0.2, 0) is 0 Å². The highest BCUT2D eigenvalue weighted by molar-refractivity contribution is 7.99. The fraction of sp³-hybridized carbons (Fsp3) is 0.625. The van der Waals surface area contributed by atoms with Crippen LogP contribution < -0.4 is 10.1 Å². The molecule has 0 aliphatic heterocycles. The van der Waals surface area contributed by atoms with Crippen LogP contribution in [0, 0.1) is 0 Å². The van der Waals surface area contributed by atoms with Gasteiger partial charge in [0.1, 0.15) is 5.75 Å². The van der Waals surface area contributed by atoms with Gasteiger partial charge >= 0.3 is 0 Å². The molecule has 0 heterocycles. The van der Waals surface area contributed by atoms with Crippen molar-refractivity contribution in [2.45, 2.75) is 39.7 Å². The summed E-state index contributed by atoms with van der Waals surface area (Å²) in [5.41, 5.74) is 1.35. The van der Waals surface area contributed by atoms with Crippen molar-refractivity contribution in [3.8, 4) is 5.75 Å². The first kappa shape index (κ1) is 16.4. The lowest BCUT2D eigenvalue weighted by molar-refractivity contribution is 0.343. The molecule has 108 valence electrons. The molecule has 0 aliphatic carbocycles. The number of hydrogen-bond donors (Lipinski definition) is 1. The molecule has 1 rings (SSSR count). The van der Waals surface area contributed by atoms with Crippen molar-refractivity contribution in [3.63, 3.8) is 0 Å². The summed E-state index contributed by atoms with van der Waals surface area (Å²) in [6, 6.07) is 8.99. The fourth-order valence-electron chi connectivity index (χ4n) is 1.98. The molecule has 0 saturated carbocycles. The molecule has 1 unspecified atom stereocenters. The lowest BCUT2D eigenvalue weighted by Gasteiger charge is -2.17. The topological polar surface area (TPSA) is 21.3 Å². The highest BCUT2D eigenvalue weighted by atomic mass is 32.2. The third-order valence-corrected chi connectivity index (χ3v) is 3.90. The maximum absolute atomic E-state index is 5.72. The molecule has 3 heteroatoms. The minimum absolute atomic E-state index is 0.463. The number of benzene rings is 1. The second kappa shape index (κ2) is 10.2. The third-order valence-electron chi connectivity index (χ3n) is 3.03. The van der Waals surface area contributed by atoms with Crippen LogP contribution in [0.1, 0.15) is 45.2 Å². The Labute approximate surface area is 122 Å². The quantitative estimate of drug-likeness (QED) is 0.647. The zero-order valence-electron chi connectivity index (χ0n) is 12.4. The highest BCUT2D eigenvalue weighted by Crippen LogP contribution is 2.20. The molecule has 2 nitrogen and oxygen atoms in total. The van der Waals surface area contributed by atoms with Gasteiger partial charge in [0, 0.05) is 11.8 Å². The van der Waals surface area contributed by atoms with Crippen molar-refractivity contribution < 1.29 is 4.74 Å². The van der Waals surface area contributed by atoms with E-state index in [-0.39, 0.29) is 0 Å². The smallest absolute Gasteiger partial charge is 0.119 e. The van der Waals surface area contributed by atoms with E-state index in [1.807, 2.05) is 11.8 Å². The molecule has 0 fully saturated rings. The second-order valence-corrected chi connectivity index (χ2v) is 5.92. The van der Waals surface area contributed by atoms with Gasteiger partial charge in [-0.25, -0.2) is 0 Å². The van der Waals surface area contributed by atoms with E-state index in [0.29, 0.717) is 6.04 Å². The lowest BCUT2D eigenvalue weighted by Crippen LogP contribution is -2.21. The average Bonchev–Trinajstić information content (AvgIpc) is 2.46. The van der Waals surface area contributed by atoms with Gasteiger partial charge < -0.3 is 10.1 Å². The summed E-state index contributed by atoms with van der Waals surface area (Å²) in [5.74, 6) is 3.20. The van der Waals surface area contributed by atoms with Gasteiger partial charge in [-0.05, 0) is 42.8 Å². The van der Waals surface area contributed by atoms with Gasteiger partial charge in [-0.15, -0.1) is 0 Å². The molecule has 0 radical (unpaired) electrons. The second-order valence-electron chi connectivity index (χ2n) is 4.53. The van der Waals surface area contributed by atoms with Crippen LogP contribution in [0.25, 0.3) is 0 Å². The van der Waals surface area contributed by atoms with Crippen molar-refractivity contribution in [3.05, 3.63) is 29.8 Å². The van der Waals surface area contributed by atoms with E-state index in [1.165, 1.54) is 12.0 Å². The molecule has 1 N–H and O–H groups in total. The Kier molecular flexibility index (Phi) is 8.76. The molecule has 1 aromatic carbocycles. The molecule has 0 spiro atoms. The Hall–Kier alpha value is -0.670. The standard InChI is InChI=1S/C16H27NOS/c1-4-11-17-16(5-2)14-7-9-15(10-8-14)18-12-13-19-6-3/h7-10,16-17H,4-6,11-13H2,1-3H3. The van der Waals surface area contributed by atoms with Crippen LogP contribution in [-0.4, -0.2) is 24.7 Å². The van der Waals surface area contributed by atoms with E-state index in [9.17, 15) is 0 Å². The first-order chi connectivity index (χ1) is 9.31. The van der Waals surface area contributed by atoms with E-state index in [2.05, 4.69) is 50.4 Å². The van der Waals surface area contributed by atoms with Crippen LogP contribution in [0.15, 0.2) is 24.3 Å². The van der Waals surface area contributed by atoms with Crippen molar-refractivity contribution in [2.24, 2.45) is 0 Å². The molecular formula is C16H27NOS. The van der Waals surface area contributed by atoms with Gasteiger partial charge in [-0.2, -0.15) is 11.8 Å². The molecule has 1 aromatic rings. The minimum atomic E-state index is 0.463. The van der Waals surface area contributed by atoms with Gasteiger partial charge in [0.25, 0.3) is 0 Å². The SMILES string of the molecule is CCCNC(CC)c1ccc(OCCSCC)cc1. The minimum Gasteiger partial charge on any atom is -0.493 e. The first-order valence-corrected chi connectivity index (χ1v) is 8.51. The summed E-state index contributed by atoms with van der Waals surface area (Å²) in [6.07, 6.45) is 2.29. The van der Waals surface area contributed by atoms with Gasteiger partial charge in [0.15, 0.2) is 0 Å². The Morgan fingerprint density at radius 1 is 1.16 bits per heavy atom. The zero-order valence-corrected chi connectivity index (χ0v) is 13.3. The number of nitrogens with one attached hydrogen (secondary N) is 1. The summed E-state index contributed by atoms with van der Waals surface area (Å²) in [4.78, 5) is 0. The number of hydrogen-bond acceptors (Lipinski definition) is 3. The Morgan fingerprint density at radius 3 is 2.47 bits per heavy atom. The van der Waals surface area contributed by atoms with E-state index in [1.54, 1.807) is 0 Å². The predicted octanol–water partition coefficient (Wildman–Crippen LogP) is 4.27. The van der Waals surface area contributed by atoms with Crippen LogP contribution in [0.2, 0.25) is 0 Å². The average molecular weight is 281 g/mol. The Bertz CT molecular complexity index is 326. The molecule has 1 atom stereocenters. The normalized spacial score (nSPS) is 12.4. The van der Waals surface area contributed by atoms with Crippen LogP contribution >= 0.6 is 11.8 Å². The van der Waals surface area contributed by atoms with Crippen LogP contribution in [0.4, 0.5) is 0 Å². The van der Waals surface area contributed by atoms with E-state index >= 15 is 0 Å². The summed E-state index contributed by atoms with van der Waals surface area (Å²) >= 11 is 1.91. The van der Waals surface area contributed by atoms with Gasteiger partial charge in [0.2, 0.25) is 0 Å². The maximum Gasteiger partial charge on any atom is 0.119 e. The number of ether oxygens (including phenoxy) is 1. The number of rotatable bonds is 10. The predicted molar refractivity (Wildman–Crippen MR) is 86.3 cm³/mol. The maximum atomic E-state index is 5.72.